The van der Waals surface area contributed by atoms with Gasteiger partial charge in [-0.2, -0.15) is 0 Å². The molecule has 5 N–H and O–H groups in total. The van der Waals surface area contributed by atoms with Crippen molar-refractivity contribution in [3.63, 3.8) is 0 Å². The molecule has 9 nitrogen and oxygen atoms in total. The van der Waals surface area contributed by atoms with E-state index in [4.69, 9.17) is 9.84 Å². The summed E-state index contributed by atoms with van der Waals surface area (Å²) in [6.45, 7) is 2.17. The molecular formula is C19H16FN5O4. The normalized spacial score (nSPS) is 12.1. The summed E-state index contributed by atoms with van der Waals surface area (Å²) < 4.78 is 19.8. The number of aromatic carboxylic acids is 1. The maximum absolute atomic E-state index is 14.1. The van der Waals surface area contributed by atoms with Crippen molar-refractivity contribution in [1.29, 1.82) is 0 Å². The van der Waals surface area contributed by atoms with E-state index in [-0.39, 0.29) is 11.2 Å². The van der Waals surface area contributed by atoms with Gasteiger partial charge in [-0.3, -0.25) is 15.6 Å². The molecule has 1 aliphatic heterocycles. The fourth-order valence-corrected chi connectivity index (χ4v) is 3.00. The number of hydrogen-bond acceptors (Lipinski definition) is 7. The Balaban J connectivity index is 1.79. The molecule has 0 aliphatic carbocycles. The molecule has 148 valence electrons. The van der Waals surface area contributed by atoms with Crippen molar-refractivity contribution in [3.05, 3.63) is 58.1 Å². The molecule has 0 radical (unpaired) electrons. The van der Waals surface area contributed by atoms with Gasteiger partial charge >= 0.3 is 5.97 Å². The first-order chi connectivity index (χ1) is 14.0. The fraction of sp³-hybridized carbons (Fsp3) is 0.105. The first kappa shape index (κ1) is 18.4. The van der Waals surface area contributed by atoms with Gasteiger partial charge in [0.15, 0.2) is 11.5 Å². The largest absolute Gasteiger partial charge is 0.493 e. The van der Waals surface area contributed by atoms with Crippen molar-refractivity contribution < 1.29 is 19.0 Å². The number of fused-ring (bicyclic) bond motifs is 1. The molecular weight excluding hydrogens is 381 g/mol. The summed E-state index contributed by atoms with van der Waals surface area (Å²) in [6, 6.07) is 8.99. The number of H-pyrrole nitrogens is 1. The van der Waals surface area contributed by atoms with Crippen LogP contribution in [-0.4, -0.2) is 27.7 Å². The van der Waals surface area contributed by atoms with E-state index >= 15 is 0 Å². The van der Waals surface area contributed by atoms with E-state index < -0.39 is 17.3 Å². The van der Waals surface area contributed by atoms with Crippen molar-refractivity contribution in [2.24, 2.45) is 0 Å². The van der Waals surface area contributed by atoms with Crippen LogP contribution in [0.3, 0.4) is 0 Å². The van der Waals surface area contributed by atoms with Crippen molar-refractivity contribution in [2.75, 3.05) is 17.5 Å². The average molecular weight is 397 g/mol. The third-order valence-electron chi connectivity index (χ3n) is 4.36. The number of aromatic amines is 1. The molecule has 0 atom stereocenters. The van der Waals surface area contributed by atoms with Gasteiger partial charge in [0.05, 0.1) is 17.7 Å². The first-order valence-electron chi connectivity index (χ1n) is 8.69. The van der Waals surface area contributed by atoms with E-state index in [2.05, 4.69) is 26.4 Å². The van der Waals surface area contributed by atoms with Crippen molar-refractivity contribution in [3.8, 4) is 28.3 Å². The predicted molar refractivity (Wildman–Crippen MR) is 104 cm³/mol. The van der Waals surface area contributed by atoms with Gasteiger partial charge < -0.3 is 14.8 Å². The number of aromatic nitrogens is 2. The van der Waals surface area contributed by atoms with E-state index in [9.17, 15) is 14.0 Å². The van der Waals surface area contributed by atoms with Crippen LogP contribution in [0.1, 0.15) is 17.3 Å². The Hall–Kier alpha value is -3.92. The van der Waals surface area contributed by atoms with Gasteiger partial charge in [-0.15, -0.1) is 5.53 Å². The summed E-state index contributed by atoms with van der Waals surface area (Å²) in [5, 5.41) is 8.98. The van der Waals surface area contributed by atoms with Gasteiger partial charge in [-0.05, 0) is 42.3 Å². The molecule has 1 aromatic heterocycles. The summed E-state index contributed by atoms with van der Waals surface area (Å²) in [7, 11) is 0. The maximum atomic E-state index is 14.1. The molecule has 4 rings (SSSR count). The number of carbonyl (C=O) groups is 1. The lowest BCUT2D eigenvalue weighted by atomic mass is 10.0. The minimum atomic E-state index is -1.33. The number of anilines is 2. The van der Waals surface area contributed by atoms with Crippen LogP contribution in [0.2, 0.25) is 0 Å². The van der Waals surface area contributed by atoms with Crippen molar-refractivity contribution in [1.82, 2.24) is 15.5 Å². The number of halogens is 1. The summed E-state index contributed by atoms with van der Waals surface area (Å²) in [5.41, 5.74) is 9.18. The number of rotatable bonds is 5. The monoisotopic (exact) mass is 397 g/mol. The first-order valence-corrected chi connectivity index (χ1v) is 8.69. The molecule has 0 amide bonds. The predicted octanol–water partition coefficient (Wildman–Crippen LogP) is 2.60. The molecule has 0 spiro atoms. The zero-order chi connectivity index (χ0) is 20.5. The Bertz CT molecular complexity index is 1180. The van der Waals surface area contributed by atoms with Crippen LogP contribution in [0.5, 0.6) is 5.75 Å². The second-order valence-corrected chi connectivity index (χ2v) is 6.16. The number of hydrogen-bond donors (Lipinski definition) is 5. The number of ether oxygens (including phenoxy) is 1. The summed E-state index contributed by atoms with van der Waals surface area (Å²) in [4.78, 5) is 30.3. The van der Waals surface area contributed by atoms with Gasteiger partial charge in [-0.1, -0.05) is 12.1 Å². The zero-order valence-corrected chi connectivity index (χ0v) is 15.2. The number of benzene rings is 2. The minimum absolute atomic E-state index is 0.275. The molecule has 0 unspecified atom stereocenters. The third-order valence-corrected chi connectivity index (χ3v) is 4.36. The van der Waals surface area contributed by atoms with E-state index in [1.54, 1.807) is 18.2 Å². The Labute approximate surface area is 163 Å². The van der Waals surface area contributed by atoms with Crippen LogP contribution in [0, 0.1) is 5.82 Å². The molecule has 10 heteroatoms. The van der Waals surface area contributed by atoms with Gasteiger partial charge in [0.1, 0.15) is 17.4 Å². The lowest BCUT2D eigenvalue weighted by Crippen LogP contribution is -2.21. The Kier molecular flexibility index (Phi) is 4.61. The van der Waals surface area contributed by atoms with Crippen LogP contribution in [0.25, 0.3) is 22.5 Å². The van der Waals surface area contributed by atoms with Crippen LogP contribution in [0.4, 0.5) is 15.9 Å². The van der Waals surface area contributed by atoms with Gasteiger partial charge in [0, 0.05) is 0 Å². The number of hydrazine groups is 2. The smallest absolute Gasteiger partial charge is 0.338 e. The highest BCUT2D eigenvalue weighted by molar-refractivity contribution is 5.89. The van der Waals surface area contributed by atoms with Gasteiger partial charge in [0.2, 0.25) is 0 Å². The average Bonchev–Trinajstić information content (AvgIpc) is 3.17. The van der Waals surface area contributed by atoms with Gasteiger partial charge in [-0.25, -0.2) is 14.2 Å². The van der Waals surface area contributed by atoms with Crippen molar-refractivity contribution >= 4 is 17.5 Å². The molecule has 0 saturated carbocycles. The second kappa shape index (κ2) is 7.24. The zero-order valence-electron chi connectivity index (χ0n) is 15.2. The molecule has 0 fully saturated rings. The van der Waals surface area contributed by atoms with Crippen LogP contribution in [-0.2, 0) is 0 Å². The van der Waals surface area contributed by atoms with Gasteiger partial charge in [0.25, 0.3) is 5.56 Å². The Morgan fingerprint density at radius 1 is 1.17 bits per heavy atom. The molecule has 2 heterocycles. The van der Waals surface area contributed by atoms with E-state index in [1.165, 1.54) is 12.1 Å². The van der Waals surface area contributed by atoms with Crippen LogP contribution < -0.4 is 26.7 Å². The number of nitrogens with zero attached hydrogens (tertiary/aromatic N) is 1. The van der Waals surface area contributed by atoms with E-state index in [0.717, 1.165) is 6.07 Å². The highest BCUT2D eigenvalue weighted by atomic mass is 19.1. The summed E-state index contributed by atoms with van der Waals surface area (Å²) in [6.07, 6.45) is 0. The number of carboxylic acid groups (broad SMARTS) is 1. The lowest BCUT2D eigenvalue weighted by molar-refractivity contribution is 0.0692. The molecule has 3 aromatic rings. The van der Waals surface area contributed by atoms with E-state index in [1.807, 2.05) is 6.92 Å². The summed E-state index contributed by atoms with van der Waals surface area (Å²) >= 11 is 0. The third kappa shape index (κ3) is 3.36. The Morgan fingerprint density at radius 2 is 1.93 bits per heavy atom. The Morgan fingerprint density at radius 3 is 2.66 bits per heavy atom. The standard InChI is InChI=1S/C19H16FN5O4/c1-2-29-14-8-10(9-3-5-11(19(27)28)13(20)7-9)4-6-12(14)16-21-17-15(18(26)22-16)23-25-24-17/h3-8,23,25H,2H2,1H3,(H,27,28)(H2,21,22,24,26). The summed E-state index contributed by atoms with van der Waals surface area (Å²) in [5.74, 6) is -1.07. The number of carboxylic acids is 1. The molecule has 0 bridgehead atoms. The molecule has 29 heavy (non-hydrogen) atoms. The highest BCUT2D eigenvalue weighted by Gasteiger charge is 2.19. The fourth-order valence-electron chi connectivity index (χ4n) is 3.00. The molecule has 1 aliphatic rings. The molecule has 0 saturated heterocycles. The SMILES string of the molecule is CCOc1cc(-c2ccc(C(=O)O)c(F)c2)ccc1-c1nc2c(c(=O)[nH]1)NNN2. The minimum Gasteiger partial charge on any atom is -0.493 e. The second-order valence-electron chi connectivity index (χ2n) is 6.16. The lowest BCUT2D eigenvalue weighted by Gasteiger charge is -2.13. The number of nitrogens with one attached hydrogen (secondary N) is 4. The molecule has 2 aromatic carbocycles. The van der Waals surface area contributed by atoms with Crippen LogP contribution in [0.15, 0.2) is 41.2 Å². The highest BCUT2D eigenvalue weighted by Crippen LogP contribution is 2.34. The maximum Gasteiger partial charge on any atom is 0.338 e. The topological polar surface area (TPSA) is 128 Å². The van der Waals surface area contributed by atoms with Crippen molar-refractivity contribution in [2.45, 2.75) is 6.92 Å². The van der Waals surface area contributed by atoms with E-state index in [0.29, 0.717) is 40.7 Å². The van der Waals surface area contributed by atoms with Crippen LogP contribution >= 0.6 is 0 Å². The quantitative estimate of drug-likeness (QED) is 0.444.